The van der Waals surface area contributed by atoms with E-state index in [1.165, 1.54) is 30.9 Å². The summed E-state index contributed by atoms with van der Waals surface area (Å²) in [4.78, 5) is 2.80. The molecule has 1 N–H and O–H groups in total. The van der Waals surface area contributed by atoms with Crippen molar-refractivity contribution in [3.05, 3.63) is 55.2 Å². The van der Waals surface area contributed by atoms with Crippen molar-refractivity contribution in [3.8, 4) is 0 Å². The maximum atomic E-state index is 3.69. The summed E-state index contributed by atoms with van der Waals surface area (Å²) in [6, 6.07) is 9.10. The van der Waals surface area contributed by atoms with Crippen molar-refractivity contribution in [2.75, 3.05) is 6.54 Å². The monoisotopic (exact) mass is 337 g/mol. The summed E-state index contributed by atoms with van der Waals surface area (Å²) < 4.78 is 1.18. The zero-order valence-electron chi connectivity index (χ0n) is 11.9. The molecule has 0 fully saturated rings. The minimum absolute atomic E-state index is 0.276. The number of halogens is 1. The van der Waals surface area contributed by atoms with E-state index in [9.17, 15) is 0 Å². The first-order valence-corrected chi connectivity index (χ1v) is 8.20. The molecule has 1 atom stereocenters. The summed E-state index contributed by atoms with van der Waals surface area (Å²) in [7, 11) is 0. The van der Waals surface area contributed by atoms with Crippen LogP contribution in [0.1, 0.15) is 39.4 Å². The lowest BCUT2D eigenvalue weighted by Crippen LogP contribution is -2.22. The van der Waals surface area contributed by atoms with Gasteiger partial charge in [-0.15, -0.1) is 11.3 Å². The molecule has 0 saturated heterocycles. The Balaban J connectivity index is 2.51. The molecule has 2 aromatic rings. The number of aryl methyl sites for hydroxylation is 3. The number of benzene rings is 1. The molecular weight excluding hydrogens is 318 g/mol. The van der Waals surface area contributed by atoms with Crippen molar-refractivity contribution in [1.29, 1.82) is 0 Å². The largest absolute Gasteiger partial charge is 0.306 e. The van der Waals surface area contributed by atoms with Gasteiger partial charge in [0.2, 0.25) is 0 Å². The summed E-state index contributed by atoms with van der Waals surface area (Å²) in [6.45, 7) is 9.64. The zero-order valence-corrected chi connectivity index (χ0v) is 14.3. The molecule has 0 saturated carbocycles. The van der Waals surface area contributed by atoms with Crippen LogP contribution in [0.15, 0.2) is 28.7 Å². The zero-order chi connectivity index (χ0) is 14.0. The van der Waals surface area contributed by atoms with Crippen LogP contribution in [0.2, 0.25) is 0 Å². The van der Waals surface area contributed by atoms with E-state index in [0.717, 1.165) is 6.54 Å². The Bertz CT molecular complexity index is 574. The molecule has 3 heteroatoms. The molecule has 1 unspecified atom stereocenters. The summed E-state index contributed by atoms with van der Waals surface area (Å²) in [5.74, 6) is 0. The number of nitrogens with one attached hydrogen (secondary N) is 1. The molecule has 0 amide bonds. The molecule has 0 radical (unpaired) electrons. The molecule has 0 bridgehead atoms. The molecule has 19 heavy (non-hydrogen) atoms. The van der Waals surface area contributed by atoms with E-state index in [-0.39, 0.29) is 6.04 Å². The van der Waals surface area contributed by atoms with Crippen LogP contribution in [-0.4, -0.2) is 6.54 Å². The first-order chi connectivity index (χ1) is 9.02. The first-order valence-electron chi connectivity index (χ1n) is 6.59. The second kappa shape index (κ2) is 6.21. The lowest BCUT2D eigenvalue weighted by Gasteiger charge is -2.20. The third-order valence-corrected chi connectivity index (χ3v) is 5.15. The minimum Gasteiger partial charge on any atom is -0.306 e. The molecule has 1 aromatic carbocycles. The van der Waals surface area contributed by atoms with Gasteiger partial charge in [0.05, 0.1) is 6.04 Å². The lowest BCUT2D eigenvalue weighted by molar-refractivity contribution is 0.634. The van der Waals surface area contributed by atoms with Crippen LogP contribution in [0.4, 0.5) is 0 Å². The van der Waals surface area contributed by atoms with Gasteiger partial charge in [-0.25, -0.2) is 0 Å². The van der Waals surface area contributed by atoms with Gasteiger partial charge in [-0.2, -0.15) is 0 Å². The topological polar surface area (TPSA) is 12.0 Å². The molecular formula is C16H20BrNS. The fraction of sp³-hybridized carbons (Fsp3) is 0.375. The van der Waals surface area contributed by atoms with Crippen molar-refractivity contribution in [3.63, 3.8) is 0 Å². The number of thiophene rings is 1. The molecule has 102 valence electrons. The SMILES string of the molecule is CCNC(c1cc(C)ccc1Br)c1sc(C)cc1C. The van der Waals surface area contributed by atoms with Crippen LogP contribution in [0, 0.1) is 20.8 Å². The van der Waals surface area contributed by atoms with E-state index < -0.39 is 0 Å². The van der Waals surface area contributed by atoms with Crippen molar-refractivity contribution in [2.24, 2.45) is 0 Å². The number of rotatable bonds is 4. The smallest absolute Gasteiger partial charge is 0.0684 e. The first kappa shape index (κ1) is 14.8. The lowest BCUT2D eigenvalue weighted by atomic mass is 10.0. The Morgan fingerprint density at radius 3 is 2.53 bits per heavy atom. The van der Waals surface area contributed by atoms with E-state index in [1.54, 1.807) is 0 Å². The molecule has 0 aliphatic rings. The Morgan fingerprint density at radius 1 is 1.21 bits per heavy atom. The van der Waals surface area contributed by atoms with Crippen LogP contribution in [0.3, 0.4) is 0 Å². The Morgan fingerprint density at radius 2 is 1.95 bits per heavy atom. The normalized spacial score (nSPS) is 12.7. The number of hydrogen-bond acceptors (Lipinski definition) is 2. The second-order valence-electron chi connectivity index (χ2n) is 4.92. The second-order valence-corrected chi connectivity index (χ2v) is 7.06. The van der Waals surface area contributed by atoms with Gasteiger partial charge >= 0.3 is 0 Å². The van der Waals surface area contributed by atoms with Crippen LogP contribution in [0.25, 0.3) is 0 Å². The van der Waals surface area contributed by atoms with E-state index >= 15 is 0 Å². The van der Waals surface area contributed by atoms with Gasteiger partial charge in [0.25, 0.3) is 0 Å². The fourth-order valence-corrected chi connectivity index (χ4v) is 3.98. The molecule has 0 spiro atoms. The van der Waals surface area contributed by atoms with Gasteiger partial charge < -0.3 is 5.32 Å². The highest BCUT2D eigenvalue weighted by molar-refractivity contribution is 9.10. The molecule has 2 rings (SSSR count). The van der Waals surface area contributed by atoms with Crippen LogP contribution < -0.4 is 5.32 Å². The minimum atomic E-state index is 0.276. The van der Waals surface area contributed by atoms with Gasteiger partial charge in [0, 0.05) is 14.2 Å². The average Bonchev–Trinajstić information content (AvgIpc) is 2.69. The average molecular weight is 338 g/mol. The van der Waals surface area contributed by atoms with Gasteiger partial charge in [-0.05, 0) is 50.6 Å². The van der Waals surface area contributed by atoms with Crippen LogP contribution in [0.5, 0.6) is 0 Å². The molecule has 1 aromatic heterocycles. The van der Waals surface area contributed by atoms with E-state index in [0.29, 0.717) is 0 Å². The Kier molecular flexibility index (Phi) is 4.82. The standard InChI is InChI=1S/C16H20BrNS/c1-5-18-15(16-11(3)9-12(4)19-16)13-8-10(2)6-7-14(13)17/h6-9,15,18H,5H2,1-4H3. The molecule has 1 nitrogen and oxygen atoms in total. The van der Waals surface area contributed by atoms with E-state index in [4.69, 9.17) is 0 Å². The molecule has 0 aliphatic carbocycles. The predicted octanol–water partition coefficient (Wildman–Crippen LogP) is 5.13. The van der Waals surface area contributed by atoms with Crippen LogP contribution >= 0.6 is 27.3 Å². The fourth-order valence-electron chi connectivity index (χ4n) is 2.38. The maximum absolute atomic E-state index is 3.69. The predicted molar refractivity (Wildman–Crippen MR) is 88.2 cm³/mol. The van der Waals surface area contributed by atoms with Gasteiger partial charge in [-0.3, -0.25) is 0 Å². The summed E-state index contributed by atoms with van der Waals surface area (Å²) in [5.41, 5.74) is 4.00. The van der Waals surface area contributed by atoms with Crippen LogP contribution in [-0.2, 0) is 0 Å². The van der Waals surface area contributed by atoms with Gasteiger partial charge in [0.15, 0.2) is 0 Å². The summed E-state index contributed by atoms with van der Waals surface area (Å²) in [5, 5.41) is 3.62. The highest BCUT2D eigenvalue weighted by atomic mass is 79.9. The van der Waals surface area contributed by atoms with Crippen molar-refractivity contribution >= 4 is 27.3 Å². The Hall–Kier alpha value is -0.640. The third kappa shape index (κ3) is 3.28. The third-order valence-electron chi connectivity index (χ3n) is 3.21. The highest BCUT2D eigenvalue weighted by Gasteiger charge is 2.19. The van der Waals surface area contributed by atoms with E-state index in [2.05, 4.69) is 73.2 Å². The summed E-state index contributed by atoms with van der Waals surface area (Å²) in [6.07, 6.45) is 0. The van der Waals surface area contributed by atoms with Gasteiger partial charge in [0.1, 0.15) is 0 Å². The summed E-state index contributed by atoms with van der Waals surface area (Å²) >= 11 is 5.58. The van der Waals surface area contributed by atoms with Gasteiger partial charge in [-0.1, -0.05) is 40.5 Å². The molecule has 0 aliphatic heterocycles. The Labute approximate surface area is 128 Å². The van der Waals surface area contributed by atoms with Crippen molar-refractivity contribution < 1.29 is 0 Å². The number of hydrogen-bond donors (Lipinski definition) is 1. The van der Waals surface area contributed by atoms with E-state index in [1.807, 2.05) is 11.3 Å². The van der Waals surface area contributed by atoms with Crippen molar-refractivity contribution in [2.45, 2.75) is 33.7 Å². The highest BCUT2D eigenvalue weighted by Crippen LogP contribution is 2.35. The molecule has 1 heterocycles. The van der Waals surface area contributed by atoms with Crippen molar-refractivity contribution in [1.82, 2.24) is 5.32 Å². The quantitative estimate of drug-likeness (QED) is 0.814. The maximum Gasteiger partial charge on any atom is 0.0684 e.